The van der Waals surface area contributed by atoms with E-state index in [-0.39, 0.29) is 0 Å². The molecule has 0 N–H and O–H groups in total. The molecule has 0 heterocycles. The van der Waals surface area contributed by atoms with Crippen LogP contribution in [0.1, 0.15) is 31.8 Å². The first kappa shape index (κ1) is 25.4. The molecule has 1 aliphatic rings. The van der Waals surface area contributed by atoms with Crippen LogP contribution < -0.4 is 0 Å². The van der Waals surface area contributed by atoms with E-state index < -0.39 is 89.6 Å². The van der Waals surface area contributed by atoms with Crippen LogP contribution in [0.2, 0.25) is 0 Å². The molecule has 32 heavy (non-hydrogen) atoms. The summed E-state index contributed by atoms with van der Waals surface area (Å²) in [4.78, 5) is 18.9. The first-order valence-corrected chi connectivity index (χ1v) is 16.7. The van der Waals surface area contributed by atoms with Gasteiger partial charge in [0.1, 0.15) is 19.6 Å². The molecule has 172 valence electrons. The smallest absolute Gasteiger partial charge is 0.264 e. The third kappa shape index (κ3) is 4.07. The highest BCUT2D eigenvalue weighted by Crippen LogP contribution is 2.47. The molecule has 1 aliphatic carbocycles. The molecule has 3 rings (SSSR count). The number of benzene rings is 2. The number of rotatable bonds is 4. The maximum absolute atomic E-state index is 13.1. The minimum Gasteiger partial charge on any atom is -0.289 e. The van der Waals surface area contributed by atoms with Crippen LogP contribution in [0.5, 0.6) is 0 Å². The van der Waals surface area contributed by atoms with Gasteiger partial charge in [-0.1, -0.05) is 24.3 Å². The van der Waals surface area contributed by atoms with E-state index in [9.17, 15) is 43.3 Å². The first-order valence-electron chi connectivity index (χ1n) is 7.50. The van der Waals surface area contributed by atoms with Gasteiger partial charge in [-0.15, -0.1) is 0 Å². The molecule has 2 aromatic carbocycles. The number of hydrogen-bond acceptors (Lipinski definition) is 10. The van der Waals surface area contributed by atoms with Crippen molar-refractivity contribution in [3.63, 3.8) is 0 Å². The highest BCUT2D eigenvalue weighted by molar-refractivity contribution is 8.18. The third-order valence-electron chi connectivity index (χ3n) is 4.17. The summed E-state index contributed by atoms with van der Waals surface area (Å²) in [7, 11) is -0.743. The number of fused-ring (bicyclic) bond motifs is 2. The zero-order valence-electron chi connectivity index (χ0n) is 14.5. The number of ketones is 2. The Morgan fingerprint density at radius 2 is 0.719 bits per heavy atom. The van der Waals surface area contributed by atoms with E-state index in [1.54, 1.807) is 0 Å². The van der Waals surface area contributed by atoms with Gasteiger partial charge in [-0.3, -0.25) is 9.59 Å². The molecule has 0 saturated heterocycles. The summed E-state index contributed by atoms with van der Waals surface area (Å²) in [5, 5.41) is 0. The highest BCUT2D eigenvalue weighted by atomic mass is 35.7. The largest absolute Gasteiger partial charge is 0.289 e. The van der Waals surface area contributed by atoms with Crippen molar-refractivity contribution >= 4 is 90.5 Å². The van der Waals surface area contributed by atoms with Gasteiger partial charge in [-0.2, -0.15) is 0 Å². The van der Waals surface area contributed by atoms with Crippen LogP contribution in [-0.4, -0.2) is 45.2 Å². The fraction of sp³-hybridized carbons (Fsp3) is 0. The Balaban J connectivity index is 2.92. The lowest BCUT2D eigenvalue weighted by molar-refractivity contribution is 0.0973. The van der Waals surface area contributed by atoms with Crippen LogP contribution in [0.4, 0.5) is 0 Å². The summed E-state index contributed by atoms with van der Waals surface area (Å²) in [5.41, 5.74) is -3.59. The quantitative estimate of drug-likeness (QED) is 0.403. The second kappa shape index (κ2) is 7.63. The van der Waals surface area contributed by atoms with Crippen molar-refractivity contribution in [1.82, 2.24) is 0 Å². The molecular weight excluding hydrogens is 598 g/mol. The minimum absolute atomic E-state index is 0.455. The third-order valence-corrected chi connectivity index (χ3v) is 9.99. The van der Waals surface area contributed by atoms with Crippen molar-refractivity contribution in [3.8, 4) is 0 Å². The van der Waals surface area contributed by atoms with E-state index in [2.05, 4.69) is 0 Å². The van der Waals surface area contributed by atoms with E-state index in [1.807, 2.05) is 0 Å². The second-order valence-electron chi connectivity index (χ2n) is 6.02. The Morgan fingerprint density at radius 3 is 0.938 bits per heavy atom. The van der Waals surface area contributed by atoms with Gasteiger partial charge in [0.25, 0.3) is 36.2 Å². The Hall–Kier alpha value is -1.26. The number of halogens is 4. The van der Waals surface area contributed by atoms with E-state index in [0.717, 1.165) is 12.1 Å². The lowest BCUT2D eigenvalue weighted by Crippen LogP contribution is -2.28. The molecule has 0 saturated carbocycles. The van der Waals surface area contributed by atoms with Crippen LogP contribution in [0.25, 0.3) is 0 Å². The topological polar surface area (TPSA) is 171 Å². The summed E-state index contributed by atoms with van der Waals surface area (Å²) in [6.45, 7) is 0. The predicted molar refractivity (Wildman–Crippen MR) is 112 cm³/mol. The van der Waals surface area contributed by atoms with Crippen molar-refractivity contribution in [1.29, 1.82) is 0 Å². The number of hydrogen-bond donors (Lipinski definition) is 0. The van der Waals surface area contributed by atoms with Crippen LogP contribution in [0, 0.1) is 0 Å². The Bertz CT molecular complexity index is 1560. The fourth-order valence-electron chi connectivity index (χ4n) is 3.15. The zero-order valence-corrected chi connectivity index (χ0v) is 20.8. The molecule has 0 bridgehead atoms. The molecule has 0 atom stereocenters. The molecule has 0 aromatic heterocycles. The van der Waals surface area contributed by atoms with Gasteiger partial charge >= 0.3 is 0 Å². The maximum Gasteiger partial charge on any atom is 0.264 e. The lowest BCUT2D eigenvalue weighted by Gasteiger charge is -2.24. The van der Waals surface area contributed by atoms with Gasteiger partial charge in [0, 0.05) is 53.9 Å². The van der Waals surface area contributed by atoms with E-state index >= 15 is 0 Å². The van der Waals surface area contributed by atoms with Gasteiger partial charge in [0.05, 0.1) is 11.1 Å². The summed E-state index contributed by atoms with van der Waals surface area (Å²) in [6, 6.07) is 4.64. The summed E-state index contributed by atoms with van der Waals surface area (Å²) in [6.07, 6.45) is 0. The first-order chi connectivity index (χ1) is 14.3. The average Bonchev–Trinajstić information content (AvgIpc) is 2.60. The van der Waals surface area contributed by atoms with E-state index in [0.29, 0.717) is 0 Å². The number of carbonyl (C=O) groups excluding carboxylic acids is 2. The van der Waals surface area contributed by atoms with Gasteiger partial charge < -0.3 is 0 Å². The second-order valence-corrected chi connectivity index (χ2v) is 16.0. The normalized spacial score (nSPS) is 14.8. The Kier molecular flexibility index (Phi) is 6.05. The molecule has 0 aliphatic heterocycles. The average molecular weight is 602 g/mol. The maximum atomic E-state index is 13.1. The van der Waals surface area contributed by atoms with E-state index in [4.69, 9.17) is 42.7 Å². The SMILES string of the molecule is O=C1c2ccccc2C(=O)c2c1c(S(=O)(=O)Cl)c(S(=O)(=O)Cl)c(S(=O)(=O)Cl)c2S(=O)(=O)Cl. The molecule has 0 unspecified atom stereocenters. The molecule has 18 heteroatoms. The van der Waals surface area contributed by atoms with Crippen molar-refractivity contribution in [2.75, 3.05) is 0 Å². The fourth-order valence-corrected chi connectivity index (χ4v) is 10.7. The van der Waals surface area contributed by atoms with Crippen LogP contribution in [0.15, 0.2) is 43.8 Å². The monoisotopic (exact) mass is 600 g/mol. The molecule has 10 nitrogen and oxygen atoms in total. The highest BCUT2D eigenvalue weighted by Gasteiger charge is 2.48. The van der Waals surface area contributed by atoms with Crippen molar-refractivity contribution < 1.29 is 43.3 Å². The van der Waals surface area contributed by atoms with Gasteiger partial charge in [0.2, 0.25) is 0 Å². The molecular formula is C14H4Cl4O10S4. The van der Waals surface area contributed by atoms with E-state index in [1.165, 1.54) is 12.1 Å². The summed E-state index contributed by atoms with van der Waals surface area (Å²) >= 11 is 0. The Morgan fingerprint density at radius 1 is 0.469 bits per heavy atom. The van der Waals surface area contributed by atoms with Crippen LogP contribution in [0.3, 0.4) is 0 Å². The van der Waals surface area contributed by atoms with Crippen molar-refractivity contribution in [2.45, 2.75) is 19.6 Å². The lowest BCUT2D eigenvalue weighted by atomic mass is 9.84. The van der Waals surface area contributed by atoms with Gasteiger partial charge in [-0.05, 0) is 0 Å². The summed E-state index contributed by atoms with van der Waals surface area (Å²) < 4.78 is 98.3. The summed E-state index contributed by atoms with van der Waals surface area (Å²) in [5.74, 6) is -2.73. The van der Waals surface area contributed by atoms with Crippen LogP contribution >= 0.6 is 42.7 Å². The van der Waals surface area contributed by atoms with Crippen molar-refractivity contribution in [2.24, 2.45) is 0 Å². The predicted octanol–water partition coefficient (Wildman–Crippen LogP) is 2.17. The minimum atomic E-state index is -5.51. The van der Waals surface area contributed by atoms with Gasteiger partial charge in [-0.25, -0.2) is 33.7 Å². The number of carbonyl (C=O) groups is 2. The standard InChI is InChI=1S/C14H4Cl4O10S4/c15-29(21,22)11-7-8(10(20)6-4-2-1-3-5(6)9(7)19)12(30(16,23)24)14(32(18,27)28)13(11)31(17,25)26/h1-4H. The van der Waals surface area contributed by atoms with Crippen LogP contribution in [-0.2, 0) is 36.2 Å². The molecule has 2 aromatic rings. The Labute approximate surface area is 198 Å². The van der Waals surface area contributed by atoms with Crippen molar-refractivity contribution in [3.05, 3.63) is 46.5 Å². The van der Waals surface area contributed by atoms with Gasteiger partial charge in [0.15, 0.2) is 11.6 Å². The molecule has 0 spiro atoms. The molecule has 0 amide bonds. The zero-order chi connectivity index (χ0) is 24.6. The molecule has 0 fully saturated rings. The molecule has 0 radical (unpaired) electrons.